The molecule has 0 spiro atoms. The molecule has 0 heterocycles. The third-order valence-electron chi connectivity index (χ3n) is 10.1. The summed E-state index contributed by atoms with van der Waals surface area (Å²) in [6, 6.07) is 16.6. The smallest absolute Gasteiger partial charge is 0.0140 e. The van der Waals surface area contributed by atoms with Crippen molar-refractivity contribution in [3.05, 3.63) is 125 Å². The molecule has 2 unspecified atom stereocenters. The number of unbranched alkanes of at least 4 members (excludes halogenated alkanes) is 3. The fraction of sp³-hybridized carbons (Fsp3) is 0.551. The van der Waals surface area contributed by atoms with E-state index in [1.165, 1.54) is 83.1 Å². The van der Waals surface area contributed by atoms with Gasteiger partial charge in [-0.2, -0.15) is 0 Å². The van der Waals surface area contributed by atoms with Crippen molar-refractivity contribution in [1.29, 1.82) is 0 Å². The molecular formula is C49H80. The van der Waals surface area contributed by atoms with Gasteiger partial charge < -0.3 is 0 Å². The predicted molar refractivity (Wildman–Crippen MR) is 229 cm³/mol. The Labute approximate surface area is 308 Å². The van der Waals surface area contributed by atoms with Crippen molar-refractivity contribution >= 4 is 5.57 Å². The monoisotopic (exact) mass is 669 g/mol. The number of hydrogen-bond donors (Lipinski definition) is 0. The van der Waals surface area contributed by atoms with Gasteiger partial charge in [-0.15, -0.1) is 19.7 Å². The SMILES string of the molecule is C=C.C=CC(C)(C)C(C1=C(C)C(C)=C(C)CC1)c1ccc(CCC(C)C(=C)c2ccc(CCCCCC)cc2)c(CC)c1.CC.CC.CC. The summed E-state index contributed by atoms with van der Waals surface area (Å²) >= 11 is 0. The first-order chi connectivity index (χ1) is 23.5. The van der Waals surface area contributed by atoms with E-state index in [1.54, 1.807) is 11.1 Å². The third kappa shape index (κ3) is 14.9. The third-order valence-corrected chi connectivity index (χ3v) is 10.1. The van der Waals surface area contributed by atoms with Gasteiger partial charge in [-0.05, 0) is 122 Å². The van der Waals surface area contributed by atoms with Gasteiger partial charge in [0, 0.05) is 5.92 Å². The quantitative estimate of drug-likeness (QED) is 0.131. The maximum Gasteiger partial charge on any atom is 0.0140 e. The Balaban J connectivity index is 0. The van der Waals surface area contributed by atoms with Crippen molar-refractivity contribution in [2.24, 2.45) is 11.3 Å². The van der Waals surface area contributed by atoms with Crippen LogP contribution in [0.25, 0.3) is 5.57 Å². The normalized spacial score (nSPS) is 13.6. The second-order valence-corrected chi connectivity index (χ2v) is 13.4. The van der Waals surface area contributed by atoms with Crippen LogP contribution < -0.4 is 0 Å². The molecule has 2 aromatic carbocycles. The van der Waals surface area contributed by atoms with Gasteiger partial charge in [-0.25, -0.2) is 0 Å². The summed E-state index contributed by atoms with van der Waals surface area (Å²) in [5.74, 6) is 0.811. The van der Waals surface area contributed by atoms with Gasteiger partial charge in [0.25, 0.3) is 0 Å². The highest BCUT2D eigenvalue weighted by molar-refractivity contribution is 5.65. The average molecular weight is 669 g/mol. The number of benzene rings is 2. The highest BCUT2D eigenvalue weighted by atomic mass is 14.4. The lowest BCUT2D eigenvalue weighted by Gasteiger charge is -2.38. The van der Waals surface area contributed by atoms with Crippen molar-refractivity contribution in [3.63, 3.8) is 0 Å². The molecule has 0 aromatic heterocycles. The van der Waals surface area contributed by atoms with Crippen molar-refractivity contribution in [1.82, 2.24) is 0 Å². The molecule has 0 saturated carbocycles. The van der Waals surface area contributed by atoms with Crippen LogP contribution in [0.2, 0.25) is 0 Å². The maximum atomic E-state index is 4.52. The Morgan fingerprint density at radius 3 is 1.90 bits per heavy atom. The van der Waals surface area contributed by atoms with Gasteiger partial charge in [-0.1, -0.05) is 162 Å². The molecular weight excluding hydrogens is 589 g/mol. The molecule has 0 nitrogen and oxygen atoms in total. The highest BCUT2D eigenvalue weighted by Gasteiger charge is 2.34. The lowest BCUT2D eigenvalue weighted by Crippen LogP contribution is -2.24. The molecule has 2 aromatic rings. The molecule has 3 rings (SSSR count). The zero-order chi connectivity index (χ0) is 38.2. The first kappa shape index (κ1) is 48.3. The minimum absolute atomic E-state index is 0.00798. The number of hydrogen-bond acceptors (Lipinski definition) is 0. The number of rotatable bonds is 15. The lowest BCUT2D eigenvalue weighted by molar-refractivity contribution is 0.401. The molecule has 0 amide bonds. The number of allylic oxidation sites excluding steroid dienone is 6. The Bertz CT molecular complexity index is 1260. The van der Waals surface area contributed by atoms with Crippen LogP contribution >= 0.6 is 0 Å². The maximum absolute atomic E-state index is 4.52. The molecule has 2 atom stereocenters. The Morgan fingerprint density at radius 1 is 0.776 bits per heavy atom. The van der Waals surface area contributed by atoms with Gasteiger partial charge in [0.15, 0.2) is 0 Å². The zero-order valence-corrected chi connectivity index (χ0v) is 35.2. The lowest BCUT2D eigenvalue weighted by atomic mass is 9.66. The van der Waals surface area contributed by atoms with Crippen LogP contribution in [0.1, 0.15) is 176 Å². The summed E-state index contributed by atoms with van der Waals surface area (Å²) in [4.78, 5) is 0. The van der Waals surface area contributed by atoms with E-state index in [-0.39, 0.29) is 5.41 Å². The molecule has 0 fully saturated rings. The fourth-order valence-corrected chi connectivity index (χ4v) is 6.69. The van der Waals surface area contributed by atoms with Crippen LogP contribution in [0.15, 0.2) is 97.1 Å². The molecule has 0 bridgehead atoms. The molecule has 1 aliphatic rings. The minimum Gasteiger partial charge on any atom is -0.106 e. The van der Waals surface area contributed by atoms with Gasteiger partial charge in [0.2, 0.25) is 0 Å². The topological polar surface area (TPSA) is 0 Å². The molecule has 49 heavy (non-hydrogen) atoms. The first-order valence-electron chi connectivity index (χ1n) is 19.9. The Morgan fingerprint density at radius 2 is 1.37 bits per heavy atom. The summed E-state index contributed by atoms with van der Waals surface area (Å²) in [5, 5.41) is 0. The zero-order valence-electron chi connectivity index (χ0n) is 35.2. The van der Waals surface area contributed by atoms with Crippen molar-refractivity contribution in [2.75, 3.05) is 0 Å². The van der Waals surface area contributed by atoms with Crippen LogP contribution in [-0.4, -0.2) is 0 Å². The molecule has 0 aliphatic heterocycles. The van der Waals surface area contributed by atoms with Gasteiger partial charge in [0.1, 0.15) is 0 Å². The number of aryl methyl sites for hydroxylation is 3. The standard InChI is InChI=1S/C41H58.3C2H6.C2H4/c1-11-14-15-16-17-34-20-23-36(24-21-34)32(7)30(5)18-22-37-25-26-38(28-35(37)12-2)40(41(9,10)13-3)39-27-19-29(4)31(6)33(39)8;4*1-2/h13,20-21,23-26,28,30,40H,3,7,11-12,14-19,22,27H2,1-2,4-6,8-10H3;3*1-2H3;1-2H2. The second-order valence-electron chi connectivity index (χ2n) is 13.4. The van der Waals surface area contributed by atoms with E-state index < -0.39 is 0 Å². The summed E-state index contributed by atoms with van der Waals surface area (Å²) < 4.78 is 0. The summed E-state index contributed by atoms with van der Waals surface area (Å²) in [6.07, 6.45) is 14.2. The highest BCUT2D eigenvalue weighted by Crippen LogP contribution is 2.48. The van der Waals surface area contributed by atoms with Gasteiger partial charge >= 0.3 is 0 Å². The van der Waals surface area contributed by atoms with Crippen LogP contribution in [0.4, 0.5) is 0 Å². The largest absolute Gasteiger partial charge is 0.106 e. The van der Waals surface area contributed by atoms with Crippen molar-refractivity contribution < 1.29 is 0 Å². The van der Waals surface area contributed by atoms with Gasteiger partial charge in [0.05, 0.1) is 0 Å². The minimum atomic E-state index is -0.00798. The molecule has 0 saturated heterocycles. The van der Waals surface area contributed by atoms with E-state index in [9.17, 15) is 0 Å². The summed E-state index contributed by atoms with van der Waals surface area (Å²) in [6.45, 7) is 45.4. The van der Waals surface area contributed by atoms with E-state index in [1.807, 2.05) is 41.5 Å². The molecule has 0 N–H and O–H groups in total. The van der Waals surface area contributed by atoms with Crippen LogP contribution in [-0.2, 0) is 19.3 Å². The van der Waals surface area contributed by atoms with E-state index in [4.69, 9.17) is 0 Å². The Kier molecular flexibility index (Phi) is 26.5. The van der Waals surface area contributed by atoms with E-state index in [0.29, 0.717) is 11.8 Å². The molecule has 0 radical (unpaired) electrons. The second kappa shape index (κ2) is 26.9. The van der Waals surface area contributed by atoms with Crippen LogP contribution in [0.5, 0.6) is 0 Å². The average Bonchev–Trinajstić information content (AvgIpc) is 3.15. The van der Waals surface area contributed by atoms with E-state index in [2.05, 4.69) is 130 Å². The molecule has 0 heteroatoms. The van der Waals surface area contributed by atoms with E-state index >= 15 is 0 Å². The summed E-state index contributed by atoms with van der Waals surface area (Å²) in [5.41, 5.74) is 14.6. The van der Waals surface area contributed by atoms with Crippen molar-refractivity contribution in [2.45, 2.75) is 167 Å². The van der Waals surface area contributed by atoms with Crippen LogP contribution in [0, 0.1) is 11.3 Å². The fourth-order valence-electron chi connectivity index (χ4n) is 6.69. The van der Waals surface area contributed by atoms with Crippen LogP contribution in [0.3, 0.4) is 0 Å². The van der Waals surface area contributed by atoms with Gasteiger partial charge in [-0.3, -0.25) is 0 Å². The Hall–Kier alpha value is -2.86. The van der Waals surface area contributed by atoms with E-state index in [0.717, 1.165) is 25.7 Å². The van der Waals surface area contributed by atoms with Crippen molar-refractivity contribution in [3.8, 4) is 0 Å². The first-order valence-corrected chi connectivity index (χ1v) is 19.9. The predicted octanol–water partition coefficient (Wildman–Crippen LogP) is 16.3. The molecule has 1 aliphatic carbocycles. The molecule has 276 valence electrons. The summed E-state index contributed by atoms with van der Waals surface area (Å²) in [7, 11) is 0.